The predicted molar refractivity (Wildman–Crippen MR) is 58.7 cm³/mol. The second-order valence-electron chi connectivity index (χ2n) is 2.45. The van der Waals surface area contributed by atoms with E-state index in [9.17, 15) is 0 Å². The van der Waals surface area contributed by atoms with E-state index >= 15 is 0 Å². The molecule has 0 aliphatic rings. The molecule has 1 aromatic carbocycles. The Kier molecular flexibility index (Phi) is 2.19. The van der Waals surface area contributed by atoms with E-state index in [0.717, 1.165) is 24.9 Å². The van der Waals surface area contributed by atoms with E-state index in [2.05, 4.69) is 36.8 Å². The van der Waals surface area contributed by atoms with Gasteiger partial charge in [0.1, 0.15) is 0 Å². The Hall–Kier alpha value is 0.01000. The Balaban J connectivity index is 2.87. The van der Waals surface area contributed by atoms with Gasteiger partial charge in [-0.15, -0.1) is 0 Å². The van der Waals surface area contributed by atoms with Crippen molar-refractivity contribution in [2.45, 2.75) is 0 Å². The summed E-state index contributed by atoms with van der Waals surface area (Å²) >= 11 is 12.8. The quantitative estimate of drug-likeness (QED) is 0.745. The molecule has 0 atom stereocenters. The lowest BCUT2D eigenvalue weighted by atomic mass is 10.2. The Morgan fingerprint density at radius 1 is 1.17 bits per heavy atom. The molecule has 0 fully saturated rings. The SMILES string of the molecule is Clc1c[nH]c2cc(Br)c(Br)cc12. The van der Waals surface area contributed by atoms with Crippen molar-refractivity contribution < 1.29 is 0 Å². The Morgan fingerprint density at radius 3 is 2.58 bits per heavy atom. The zero-order chi connectivity index (χ0) is 8.72. The molecule has 0 radical (unpaired) electrons. The van der Waals surface area contributed by atoms with Gasteiger partial charge >= 0.3 is 0 Å². The number of halogens is 3. The maximum atomic E-state index is 5.93. The molecule has 0 unspecified atom stereocenters. The molecule has 2 aromatic rings. The normalized spacial score (nSPS) is 10.9. The van der Waals surface area contributed by atoms with Crippen molar-refractivity contribution in [2.75, 3.05) is 0 Å². The molecule has 0 amide bonds. The van der Waals surface area contributed by atoms with Gasteiger partial charge in [-0.05, 0) is 44.0 Å². The molecule has 2 rings (SSSR count). The number of aromatic nitrogens is 1. The fraction of sp³-hybridized carbons (Fsp3) is 0. The van der Waals surface area contributed by atoms with E-state index < -0.39 is 0 Å². The van der Waals surface area contributed by atoms with E-state index in [4.69, 9.17) is 11.6 Å². The lowest BCUT2D eigenvalue weighted by molar-refractivity contribution is 1.47. The second kappa shape index (κ2) is 3.05. The van der Waals surface area contributed by atoms with Gasteiger partial charge in [-0.3, -0.25) is 0 Å². The highest BCUT2D eigenvalue weighted by molar-refractivity contribution is 9.13. The molecular weight excluding hydrogens is 305 g/mol. The number of H-pyrrole nitrogens is 1. The van der Waals surface area contributed by atoms with Crippen LogP contribution in [0.15, 0.2) is 27.3 Å². The minimum absolute atomic E-state index is 0.748. The van der Waals surface area contributed by atoms with Crippen LogP contribution in [0.25, 0.3) is 10.9 Å². The lowest BCUT2D eigenvalue weighted by Crippen LogP contribution is -1.71. The van der Waals surface area contributed by atoms with Gasteiger partial charge in [0.05, 0.1) is 5.02 Å². The van der Waals surface area contributed by atoms with Crippen LogP contribution in [0.1, 0.15) is 0 Å². The fourth-order valence-corrected chi connectivity index (χ4v) is 1.98. The van der Waals surface area contributed by atoms with Crippen LogP contribution in [0.4, 0.5) is 0 Å². The van der Waals surface area contributed by atoms with Crippen LogP contribution in [0, 0.1) is 0 Å². The van der Waals surface area contributed by atoms with Crippen LogP contribution in [-0.2, 0) is 0 Å². The molecule has 0 saturated heterocycles. The highest BCUT2D eigenvalue weighted by Gasteiger charge is 2.04. The average molecular weight is 309 g/mol. The smallest absolute Gasteiger partial charge is 0.0659 e. The number of benzene rings is 1. The third-order valence-electron chi connectivity index (χ3n) is 1.67. The highest BCUT2D eigenvalue weighted by atomic mass is 79.9. The molecule has 0 bridgehead atoms. The van der Waals surface area contributed by atoms with Crippen molar-refractivity contribution in [2.24, 2.45) is 0 Å². The van der Waals surface area contributed by atoms with Gasteiger partial charge in [-0.2, -0.15) is 0 Å². The molecule has 62 valence electrons. The monoisotopic (exact) mass is 307 g/mol. The largest absolute Gasteiger partial charge is 0.360 e. The van der Waals surface area contributed by atoms with Crippen molar-refractivity contribution in [1.82, 2.24) is 4.98 Å². The van der Waals surface area contributed by atoms with Crippen LogP contribution in [0.2, 0.25) is 5.02 Å². The summed E-state index contributed by atoms with van der Waals surface area (Å²) in [5.74, 6) is 0. The topological polar surface area (TPSA) is 15.8 Å². The van der Waals surface area contributed by atoms with Gasteiger partial charge < -0.3 is 4.98 Å². The molecule has 12 heavy (non-hydrogen) atoms. The molecule has 1 heterocycles. The summed E-state index contributed by atoms with van der Waals surface area (Å²) in [6.07, 6.45) is 1.78. The van der Waals surface area contributed by atoms with Gasteiger partial charge in [0.25, 0.3) is 0 Å². The summed E-state index contributed by atoms with van der Waals surface area (Å²) in [4.78, 5) is 3.07. The minimum Gasteiger partial charge on any atom is -0.360 e. The first-order chi connectivity index (χ1) is 5.68. The van der Waals surface area contributed by atoms with E-state index in [0.29, 0.717) is 0 Å². The van der Waals surface area contributed by atoms with Crippen LogP contribution < -0.4 is 0 Å². The van der Waals surface area contributed by atoms with Crippen molar-refractivity contribution in [3.8, 4) is 0 Å². The molecule has 0 saturated carbocycles. The zero-order valence-corrected chi connectivity index (χ0v) is 9.79. The predicted octanol–water partition coefficient (Wildman–Crippen LogP) is 4.35. The summed E-state index contributed by atoms with van der Waals surface area (Å²) in [5, 5.41) is 1.78. The molecule has 0 aliphatic heterocycles. The van der Waals surface area contributed by atoms with Gasteiger partial charge in [0, 0.05) is 26.0 Å². The standard InChI is InChI=1S/C8H4Br2ClN/c9-5-1-4-7(11)3-12-8(4)2-6(5)10/h1-3,12H. The van der Waals surface area contributed by atoms with E-state index in [1.165, 1.54) is 0 Å². The Bertz CT molecular complexity index is 436. The number of fused-ring (bicyclic) bond motifs is 1. The third-order valence-corrected chi connectivity index (χ3v) is 3.83. The number of hydrogen-bond acceptors (Lipinski definition) is 0. The molecule has 0 spiro atoms. The maximum Gasteiger partial charge on any atom is 0.0659 e. The molecule has 1 N–H and O–H groups in total. The third kappa shape index (κ3) is 1.30. The molecule has 0 aliphatic carbocycles. The number of rotatable bonds is 0. The van der Waals surface area contributed by atoms with E-state index in [-0.39, 0.29) is 0 Å². The number of aromatic amines is 1. The fourth-order valence-electron chi connectivity index (χ4n) is 1.08. The van der Waals surface area contributed by atoms with Crippen LogP contribution in [0.5, 0.6) is 0 Å². The molecule has 4 heteroatoms. The summed E-state index contributed by atoms with van der Waals surface area (Å²) in [6, 6.07) is 3.98. The summed E-state index contributed by atoms with van der Waals surface area (Å²) in [5.41, 5.74) is 1.04. The Morgan fingerprint density at radius 2 is 1.83 bits per heavy atom. The van der Waals surface area contributed by atoms with Crippen molar-refractivity contribution >= 4 is 54.4 Å². The maximum absolute atomic E-state index is 5.93. The molecular formula is C8H4Br2ClN. The van der Waals surface area contributed by atoms with E-state index in [1.807, 2.05) is 12.1 Å². The van der Waals surface area contributed by atoms with Crippen molar-refractivity contribution in [3.63, 3.8) is 0 Å². The van der Waals surface area contributed by atoms with Crippen molar-refractivity contribution in [1.29, 1.82) is 0 Å². The Labute approximate surface area is 91.4 Å². The first-order valence-electron chi connectivity index (χ1n) is 3.30. The minimum atomic E-state index is 0.748. The average Bonchev–Trinajstić information content (AvgIpc) is 2.35. The first-order valence-corrected chi connectivity index (χ1v) is 5.26. The van der Waals surface area contributed by atoms with Gasteiger partial charge in [-0.1, -0.05) is 11.6 Å². The second-order valence-corrected chi connectivity index (χ2v) is 4.56. The number of nitrogens with one attached hydrogen (secondary N) is 1. The number of hydrogen-bond donors (Lipinski definition) is 1. The van der Waals surface area contributed by atoms with Crippen LogP contribution in [-0.4, -0.2) is 4.98 Å². The lowest BCUT2D eigenvalue weighted by Gasteiger charge is -1.96. The molecule has 1 aromatic heterocycles. The van der Waals surface area contributed by atoms with Crippen LogP contribution >= 0.6 is 43.5 Å². The van der Waals surface area contributed by atoms with Gasteiger partial charge in [0.15, 0.2) is 0 Å². The van der Waals surface area contributed by atoms with Gasteiger partial charge in [-0.25, -0.2) is 0 Å². The van der Waals surface area contributed by atoms with E-state index in [1.54, 1.807) is 6.20 Å². The van der Waals surface area contributed by atoms with Gasteiger partial charge in [0.2, 0.25) is 0 Å². The summed E-state index contributed by atoms with van der Waals surface area (Å²) in [7, 11) is 0. The van der Waals surface area contributed by atoms with Crippen LogP contribution in [0.3, 0.4) is 0 Å². The molecule has 1 nitrogen and oxygen atoms in total. The summed E-state index contributed by atoms with van der Waals surface area (Å²) < 4.78 is 2.03. The summed E-state index contributed by atoms with van der Waals surface area (Å²) in [6.45, 7) is 0. The zero-order valence-electron chi connectivity index (χ0n) is 5.87. The highest BCUT2D eigenvalue weighted by Crippen LogP contribution is 2.31. The first kappa shape index (κ1) is 8.60. The van der Waals surface area contributed by atoms with Crippen molar-refractivity contribution in [3.05, 3.63) is 32.3 Å².